The van der Waals surface area contributed by atoms with E-state index in [1.54, 1.807) is 18.5 Å². The Morgan fingerprint density at radius 2 is 2.00 bits per heavy atom. The van der Waals surface area contributed by atoms with E-state index in [-0.39, 0.29) is 6.04 Å². The molecule has 1 atom stereocenters. The molecule has 0 aliphatic rings. The van der Waals surface area contributed by atoms with Crippen LogP contribution in [0.15, 0.2) is 30.6 Å². The van der Waals surface area contributed by atoms with Crippen LogP contribution in [0.4, 0.5) is 0 Å². The van der Waals surface area contributed by atoms with E-state index in [0.29, 0.717) is 18.9 Å². The third-order valence-electron chi connectivity index (χ3n) is 3.03. The van der Waals surface area contributed by atoms with Gasteiger partial charge in [-0.05, 0) is 31.5 Å². The van der Waals surface area contributed by atoms with Crippen LogP contribution in [0.25, 0.3) is 0 Å². The molecule has 0 fully saturated rings. The fourth-order valence-electron chi connectivity index (χ4n) is 1.81. The number of pyridine rings is 1. The van der Waals surface area contributed by atoms with E-state index in [0.717, 1.165) is 23.6 Å². The highest BCUT2D eigenvalue weighted by Crippen LogP contribution is 2.19. The number of nitrogens with zero attached hydrogens (tertiary/aromatic N) is 3. The fraction of sp³-hybridized carbons (Fsp3) is 0.400. The average Bonchev–Trinajstić information content (AvgIpc) is 2.47. The Morgan fingerprint density at radius 3 is 2.70 bits per heavy atom. The highest BCUT2D eigenvalue weighted by Gasteiger charge is 2.10. The summed E-state index contributed by atoms with van der Waals surface area (Å²) in [6, 6.07) is 5.74. The molecule has 1 unspecified atom stereocenters. The maximum atomic E-state index is 6.01. The monoisotopic (exact) mass is 272 g/mol. The molecular weight excluding hydrogens is 252 g/mol. The number of rotatable bonds is 6. The van der Waals surface area contributed by atoms with Gasteiger partial charge in [-0.3, -0.25) is 4.98 Å². The molecule has 2 N–H and O–H groups in total. The average molecular weight is 272 g/mol. The summed E-state index contributed by atoms with van der Waals surface area (Å²) in [4.78, 5) is 12.8. The lowest BCUT2D eigenvalue weighted by molar-refractivity contribution is 0.290. The molecule has 0 amide bonds. The summed E-state index contributed by atoms with van der Waals surface area (Å²) in [6.45, 7) is 4.36. The highest BCUT2D eigenvalue weighted by atomic mass is 16.5. The van der Waals surface area contributed by atoms with Crippen molar-refractivity contribution in [2.24, 2.45) is 5.73 Å². The van der Waals surface area contributed by atoms with E-state index < -0.39 is 0 Å². The molecule has 106 valence electrons. The zero-order chi connectivity index (χ0) is 14.4. The molecule has 0 aromatic carbocycles. The predicted octanol–water partition coefficient (Wildman–Crippen LogP) is 2.04. The topological polar surface area (TPSA) is 73.9 Å². The molecule has 2 rings (SSSR count). The van der Waals surface area contributed by atoms with Gasteiger partial charge in [-0.1, -0.05) is 6.92 Å². The first-order valence-corrected chi connectivity index (χ1v) is 6.80. The van der Waals surface area contributed by atoms with E-state index in [1.807, 2.05) is 19.1 Å². The normalized spacial score (nSPS) is 12.2. The third kappa shape index (κ3) is 3.99. The summed E-state index contributed by atoms with van der Waals surface area (Å²) in [5.41, 5.74) is 7.87. The van der Waals surface area contributed by atoms with E-state index in [4.69, 9.17) is 10.5 Å². The zero-order valence-electron chi connectivity index (χ0n) is 11.9. The molecule has 20 heavy (non-hydrogen) atoms. The zero-order valence-corrected chi connectivity index (χ0v) is 11.9. The molecule has 0 radical (unpaired) electrons. The van der Waals surface area contributed by atoms with Crippen molar-refractivity contribution in [2.75, 3.05) is 0 Å². The van der Waals surface area contributed by atoms with Crippen molar-refractivity contribution in [1.82, 2.24) is 15.0 Å². The number of hydrogen-bond donors (Lipinski definition) is 1. The van der Waals surface area contributed by atoms with Crippen LogP contribution < -0.4 is 10.5 Å². The second-order valence-electron chi connectivity index (χ2n) is 4.72. The smallest absolute Gasteiger partial charge is 0.166 e. The van der Waals surface area contributed by atoms with Crippen LogP contribution in [-0.4, -0.2) is 21.0 Å². The molecule has 2 aromatic rings. The van der Waals surface area contributed by atoms with Crippen molar-refractivity contribution >= 4 is 0 Å². The van der Waals surface area contributed by atoms with E-state index in [2.05, 4.69) is 21.9 Å². The number of aryl methyl sites for hydroxylation is 1. The van der Waals surface area contributed by atoms with Crippen molar-refractivity contribution in [2.45, 2.75) is 39.3 Å². The summed E-state index contributed by atoms with van der Waals surface area (Å²) >= 11 is 0. The molecule has 0 aliphatic carbocycles. The fourth-order valence-corrected chi connectivity index (χ4v) is 1.81. The van der Waals surface area contributed by atoms with Crippen LogP contribution in [0.2, 0.25) is 0 Å². The first-order chi connectivity index (χ1) is 9.69. The lowest BCUT2D eigenvalue weighted by Gasteiger charge is -2.13. The van der Waals surface area contributed by atoms with Gasteiger partial charge in [-0.15, -0.1) is 0 Å². The third-order valence-corrected chi connectivity index (χ3v) is 3.03. The van der Waals surface area contributed by atoms with Gasteiger partial charge in [0, 0.05) is 30.6 Å². The van der Waals surface area contributed by atoms with Gasteiger partial charge in [0.05, 0.1) is 5.69 Å². The maximum absolute atomic E-state index is 6.01. The molecule has 2 heterocycles. The van der Waals surface area contributed by atoms with Gasteiger partial charge in [-0.2, -0.15) is 0 Å². The first kappa shape index (κ1) is 14.4. The van der Waals surface area contributed by atoms with Crippen molar-refractivity contribution in [3.05, 3.63) is 47.8 Å². The van der Waals surface area contributed by atoms with Crippen molar-refractivity contribution in [3.8, 4) is 5.75 Å². The molecule has 0 bridgehead atoms. The Bertz CT molecular complexity index is 545. The Morgan fingerprint density at radius 1 is 1.25 bits per heavy atom. The largest absolute Gasteiger partial charge is 0.484 e. The van der Waals surface area contributed by atoms with Gasteiger partial charge in [0.2, 0.25) is 0 Å². The van der Waals surface area contributed by atoms with Crippen LogP contribution in [0.1, 0.15) is 30.6 Å². The van der Waals surface area contributed by atoms with Crippen LogP contribution >= 0.6 is 0 Å². The molecular formula is C15H20N4O. The standard InChI is InChI=1S/C15H20N4O/c1-3-12(16)9-13-14(6-5-11(2)19-13)20-10-15-17-7-4-8-18-15/h4-8,12H,3,9-10,16H2,1-2H3. The highest BCUT2D eigenvalue weighted by molar-refractivity contribution is 5.30. The molecule has 5 nitrogen and oxygen atoms in total. The Balaban J connectivity index is 2.10. The maximum Gasteiger partial charge on any atom is 0.166 e. The van der Waals surface area contributed by atoms with Gasteiger partial charge in [0.15, 0.2) is 5.82 Å². The molecule has 0 aliphatic heterocycles. The van der Waals surface area contributed by atoms with Gasteiger partial charge in [0.25, 0.3) is 0 Å². The van der Waals surface area contributed by atoms with Gasteiger partial charge >= 0.3 is 0 Å². The Hall–Kier alpha value is -2.01. The molecule has 0 saturated carbocycles. The van der Waals surface area contributed by atoms with E-state index in [9.17, 15) is 0 Å². The van der Waals surface area contributed by atoms with Crippen LogP contribution in [0, 0.1) is 6.92 Å². The van der Waals surface area contributed by atoms with Crippen molar-refractivity contribution in [3.63, 3.8) is 0 Å². The Labute approximate surface area is 119 Å². The minimum absolute atomic E-state index is 0.0969. The van der Waals surface area contributed by atoms with Crippen molar-refractivity contribution in [1.29, 1.82) is 0 Å². The first-order valence-electron chi connectivity index (χ1n) is 6.80. The Kier molecular flexibility index (Phi) is 5.01. The molecule has 5 heteroatoms. The quantitative estimate of drug-likeness (QED) is 0.871. The van der Waals surface area contributed by atoms with Gasteiger partial charge in [0.1, 0.15) is 12.4 Å². The summed E-state index contributed by atoms with van der Waals surface area (Å²) < 4.78 is 5.78. The molecule has 0 saturated heterocycles. The SMILES string of the molecule is CCC(N)Cc1nc(C)ccc1OCc1ncccn1. The predicted molar refractivity (Wildman–Crippen MR) is 77.3 cm³/mol. The minimum atomic E-state index is 0.0969. The summed E-state index contributed by atoms with van der Waals surface area (Å²) in [5, 5.41) is 0. The molecule has 0 spiro atoms. The minimum Gasteiger partial charge on any atom is -0.484 e. The number of aromatic nitrogens is 3. The van der Waals surface area contributed by atoms with E-state index >= 15 is 0 Å². The van der Waals surface area contributed by atoms with Crippen molar-refractivity contribution < 1.29 is 4.74 Å². The molecule has 2 aromatic heterocycles. The van der Waals surface area contributed by atoms with Gasteiger partial charge in [-0.25, -0.2) is 9.97 Å². The van der Waals surface area contributed by atoms with E-state index in [1.165, 1.54) is 0 Å². The van der Waals surface area contributed by atoms with Gasteiger partial charge < -0.3 is 10.5 Å². The van der Waals surface area contributed by atoms with Crippen LogP contribution in [-0.2, 0) is 13.0 Å². The lowest BCUT2D eigenvalue weighted by atomic mass is 10.1. The summed E-state index contributed by atoms with van der Waals surface area (Å²) in [6.07, 6.45) is 5.03. The second kappa shape index (κ2) is 6.96. The van der Waals surface area contributed by atoms with Crippen LogP contribution in [0.3, 0.4) is 0 Å². The summed E-state index contributed by atoms with van der Waals surface area (Å²) in [7, 11) is 0. The second-order valence-corrected chi connectivity index (χ2v) is 4.72. The van der Waals surface area contributed by atoms with Crippen LogP contribution in [0.5, 0.6) is 5.75 Å². The lowest BCUT2D eigenvalue weighted by Crippen LogP contribution is -2.22. The number of nitrogens with two attached hydrogens (primary N) is 1. The summed E-state index contributed by atoms with van der Waals surface area (Å²) in [5.74, 6) is 1.41. The number of hydrogen-bond acceptors (Lipinski definition) is 5. The number of ether oxygens (including phenoxy) is 1.